The van der Waals surface area contributed by atoms with E-state index in [-0.39, 0.29) is 150 Å². The van der Waals surface area contributed by atoms with E-state index >= 15 is 4.39 Å². The zero-order chi connectivity index (χ0) is 72.4. The van der Waals surface area contributed by atoms with E-state index in [0.29, 0.717) is 17.3 Å². The number of rotatable bonds is 6. The molecule has 10 aromatic rings. The number of aryl methyl sites for hydroxylation is 5. The molecule has 0 fully saturated rings. The number of hydrogen-bond acceptors (Lipinski definition) is 4. The molecule has 4 radical (unpaired) electrons. The Kier molecular flexibility index (Phi) is 29.9. The fraction of sp³-hybridized carbons (Fsp3) is 0.164. The summed E-state index contributed by atoms with van der Waals surface area (Å²) < 4.78 is 347. The summed E-state index contributed by atoms with van der Waals surface area (Å²) in [4.78, 5) is 15.4. The van der Waals surface area contributed by atoms with Crippen molar-refractivity contribution in [3.05, 3.63) is 260 Å². The van der Waals surface area contributed by atoms with Crippen molar-refractivity contribution in [1.82, 2.24) is 19.9 Å². The Labute approximate surface area is 609 Å². The quantitative estimate of drug-likeness (QED) is 0.123. The van der Waals surface area contributed by atoms with E-state index in [0.717, 1.165) is 41.1 Å². The van der Waals surface area contributed by atoms with Gasteiger partial charge in [0.05, 0.1) is 39.7 Å². The average molecular weight is 2160 g/mol. The molecule has 0 atom stereocenters. The van der Waals surface area contributed by atoms with Crippen LogP contribution in [0.4, 0.5) is 114 Å². The number of benzene rings is 6. The maximum absolute atomic E-state index is 15.2. The number of alkyl halides is 18. The molecule has 0 bridgehead atoms. The fourth-order valence-electron chi connectivity index (χ4n) is 8.71. The zero-order valence-electron chi connectivity index (χ0n) is 50.6. The van der Waals surface area contributed by atoms with E-state index < -0.39 is 150 Å². The van der Waals surface area contributed by atoms with Gasteiger partial charge in [-0.25, -0.2) is 0 Å². The third-order valence-corrected chi connectivity index (χ3v) is 13.3. The molecule has 34 heteroatoms. The van der Waals surface area contributed by atoms with Crippen LogP contribution in [0.1, 0.15) is 61.2 Å². The molecule has 0 aliphatic heterocycles. The summed E-state index contributed by atoms with van der Waals surface area (Å²) in [6.07, 6.45) is -26.3. The first-order chi connectivity index (χ1) is 44.8. The molecule has 0 unspecified atom stereocenters. The van der Waals surface area contributed by atoms with E-state index in [1.807, 2.05) is 13.0 Å². The van der Waals surface area contributed by atoms with Gasteiger partial charge in [0.15, 0.2) is 0 Å². The molecule has 0 N–H and O–H groups in total. The second-order valence-electron chi connectivity index (χ2n) is 20.7. The van der Waals surface area contributed by atoms with Crippen LogP contribution in [0.25, 0.3) is 67.3 Å². The van der Waals surface area contributed by atoms with Gasteiger partial charge in [-0.2, -0.15) is 79.0 Å². The molecule has 4 heterocycles. The van der Waals surface area contributed by atoms with Crippen molar-refractivity contribution in [2.75, 3.05) is 0 Å². The minimum atomic E-state index is -5.65. The Bertz CT molecular complexity index is 4470. The van der Waals surface area contributed by atoms with Crippen molar-refractivity contribution in [2.24, 2.45) is 0 Å². The van der Waals surface area contributed by atoms with Gasteiger partial charge in [0.1, 0.15) is 0 Å². The molecule has 546 valence electrons. The number of nitrogens with zero attached hydrogens (tertiary/aromatic N) is 4. The first kappa shape index (κ1) is 87.9. The number of halogens is 26. The predicted octanol–water partition coefficient (Wildman–Crippen LogP) is 22.3. The van der Waals surface area contributed by atoms with Crippen molar-refractivity contribution in [2.45, 2.75) is 71.7 Å². The third kappa shape index (κ3) is 21.9. The molecule has 101 heavy (non-hydrogen) atoms. The number of aromatic nitrogens is 4. The van der Waals surface area contributed by atoms with Crippen LogP contribution in [0.15, 0.2) is 128 Å². The van der Waals surface area contributed by atoms with Crippen LogP contribution in [0.3, 0.4) is 0 Å². The van der Waals surface area contributed by atoms with E-state index in [1.165, 1.54) is 50.5 Å². The first-order valence-corrected chi connectivity index (χ1v) is 26.8. The molecular formula is C67H36F26Ir4N4-4. The molecule has 0 saturated heterocycles. The van der Waals surface area contributed by atoms with Crippen molar-refractivity contribution >= 4 is 0 Å². The van der Waals surface area contributed by atoms with Crippen LogP contribution < -0.4 is 0 Å². The van der Waals surface area contributed by atoms with Gasteiger partial charge in [-0.1, -0.05) is 88.3 Å². The van der Waals surface area contributed by atoms with Gasteiger partial charge >= 0.3 is 37.1 Å². The zero-order valence-corrected chi connectivity index (χ0v) is 60.2. The Morgan fingerprint density at radius 2 is 0.713 bits per heavy atom. The molecule has 6 aromatic carbocycles. The molecule has 0 saturated carbocycles. The molecule has 4 nitrogen and oxygen atoms in total. The van der Waals surface area contributed by atoms with Crippen LogP contribution in [0, 0.1) is 105 Å². The van der Waals surface area contributed by atoms with E-state index in [9.17, 15) is 110 Å². The Morgan fingerprint density at radius 3 is 1.10 bits per heavy atom. The number of hydrogen-bond donors (Lipinski definition) is 0. The topological polar surface area (TPSA) is 51.6 Å². The Balaban J connectivity index is 0.000000354. The molecule has 4 aromatic heterocycles. The van der Waals surface area contributed by atoms with Gasteiger partial charge in [-0.15, -0.1) is 36.4 Å². The van der Waals surface area contributed by atoms with Crippen LogP contribution in [0.5, 0.6) is 0 Å². The Hall–Kier alpha value is -7.30. The van der Waals surface area contributed by atoms with Crippen LogP contribution in [0.2, 0.25) is 0 Å². The first-order valence-electron chi connectivity index (χ1n) is 26.8. The SMILES string of the molecule is Cc1ccc(-c2[c-]c(C)c(F)c(-c3cc(C(F)(F)F)cc(C(F)(F)F)c3)c2F)nc1.Cc1ccc(-c2[c-]cc(F)c(-c3cc(C(F)(F)F)cc(C(F)(F)F)c3)c2F)nc1.Cc1ccnc(-c2[c-]c(C(F)(F)F)c(F)c(C(F)(F)F)c2F)c1.Cc1ccnc(-c2[c-]cc(F)cc2F)c1.[Ir].[Ir].[Ir].[Ir]. The standard InChI is InChI=1S/C21H12F8N.C20H10F8N.C14H6F8N.C12H8F2N.4Ir/c1-10-3-4-16(30-9-10)15-5-11(2)18(22)17(19(15)23)12-6-13(20(24,25)26)8-14(7-12)21(27,28)29;1-10-2-5-16(29-9-10)14-3-4-15(21)17(18(14)22)11-6-12(19(23,24)25)8-13(7-11)20(26,27)28;1-6-2-3-23-9(4-6)7-5-8(13(17,18)19)12(16)10(11(7)15)14(20,21)22;1-8-4-5-15-12(6-8)10-3-2-9(13)7-11(10)14;;;;/h3-4,6-9H,1-2H3;2,4-9H,1H3;2-4H,1H3;2,4-7H,1H3;;;;/q4*-1;;;;. The van der Waals surface area contributed by atoms with E-state index in [2.05, 4.69) is 38.1 Å². The fourth-order valence-corrected chi connectivity index (χ4v) is 8.71. The normalized spacial score (nSPS) is 11.6. The van der Waals surface area contributed by atoms with Gasteiger partial charge in [0.2, 0.25) is 0 Å². The summed E-state index contributed by atoms with van der Waals surface area (Å²) in [5.41, 5.74) is -14.7. The van der Waals surface area contributed by atoms with Crippen LogP contribution in [-0.4, -0.2) is 19.9 Å². The van der Waals surface area contributed by atoms with Crippen LogP contribution >= 0.6 is 0 Å². The van der Waals surface area contributed by atoms with E-state index in [4.69, 9.17) is 0 Å². The van der Waals surface area contributed by atoms with Crippen molar-refractivity contribution in [3.8, 4) is 67.3 Å². The summed E-state index contributed by atoms with van der Waals surface area (Å²) >= 11 is 0. The number of pyridine rings is 4. The van der Waals surface area contributed by atoms with Gasteiger partial charge < -0.3 is 19.9 Å². The Morgan fingerprint density at radius 1 is 0.317 bits per heavy atom. The smallest absolute Gasteiger partial charge is 0.305 e. The van der Waals surface area contributed by atoms with Gasteiger partial charge in [0, 0.05) is 145 Å². The second kappa shape index (κ2) is 34.3. The van der Waals surface area contributed by atoms with Crippen molar-refractivity contribution < 1.29 is 195 Å². The minimum Gasteiger partial charge on any atom is -0.305 e. The molecule has 0 aliphatic rings. The summed E-state index contributed by atoms with van der Waals surface area (Å²) in [6, 6.07) is 23.9. The van der Waals surface area contributed by atoms with E-state index in [1.54, 1.807) is 38.2 Å². The monoisotopic (exact) mass is 2160 g/mol. The van der Waals surface area contributed by atoms with Gasteiger partial charge in [-0.05, 0) is 132 Å². The van der Waals surface area contributed by atoms with Gasteiger partial charge in [-0.3, -0.25) is 35.1 Å². The summed E-state index contributed by atoms with van der Waals surface area (Å²) in [5, 5.41) is 0. The second-order valence-corrected chi connectivity index (χ2v) is 20.7. The summed E-state index contributed by atoms with van der Waals surface area (Å²) in [6.45, 7) is 7.94. The maximum atomic E-state index is 15.2. The summed E-state index contributed by atoms with van der Waals surface area (Å²) in [7, 11) is 0. The molecular weight excluding hydrogens is 2120 g/mol. The predicted molar refractivity (Wildman–Crippen MR) is 298 cm³/mol. The summed E-state index contributed by atoms with van der Waals surface area (Å²) in [5.74, 6) is -11.6. The third-order valence-electron chi connectivity index (χ3n) is 13.3. The molecule has 0 aliphatic carbocycles. The largest absolute Gasteiger partial charge is 0.416 e. The van der Waals surface area contributed by atoms with Crippen molar-refractivity contribution in [3.63, 3.8) is 0 Å². The van der Waals surface area contributed by atoms with Crippen LogP contribution in [-0.2, 0) is 117 Å². The molecule has 10 rings (SSSR count). The van der Waals surface area contributed by atoms with Gasteiger partial charge in [0.25, 0.3) is 0 Å². The van der Waals surface area contributed by atoms with Crippen molar-refractivity contribution in [1.29, 1.82) is 0 Å². The minimum absolute atomic E-state index is 0. The molecule has 0 spiro atoms. The maximum Gasteiger partial charge on any atom is 0.416 e. The molecule has 0 amide bonds. The average Bonchev–Trinajstić information content (AvgIpc) is 0.770.